The number of aromatic amines is 1. The monoisotopic (exact) mass is 567 g/mol. The van der Waals surface area contributed by atoms with Crippen LogP contribution in [0.4, 0.5) is 14.8 Å². The summed E-state index contributed by atoms with van der Waals surface area (Å²) in [6.07, 6.45) is 1.49. The number of rotatable bonds is 9. The van der Waals surface area contributed by atoms with Crippen molar-refractivity contribution in [2.24, 2.45) is 0 Å². The summed E-state index contributed by atoms with van der Waals surface area (Å²) < 4.78 is 65.0. The number of imidazole rings is 1. The normalized spacial score (nSPS) is 12.7. The number of ether oxygens (including phenoxy) is 1. The highest BCUT2D eigenvalue weighted by atomic mass is 32.2. The first kappa shape index (κ1) is 30.1. The lowest BCUT2D eigenvalue weighted by molar-refractivity contribution is 0.191. The van der Waals surface area contributed by atoms with Crippen molar-refractivity contribution in [3.05, 3.63) is 47.8 Å². The number of hydrogen-bond donors (Lipinski definition) is 4. The molecule has 39 heavy (non-hydrogen) atoms. The van der Waals surface area contributed by atoms with Crippen LogP contribution in [-0.2, 0) is 20.3 Å². The molecule has 3 heterocycles. The Labute approximate surface area is 224 Å². The van der Waals surface area contributed by atoms with E-state index >= 15 is 0 Å². The van der Waals surface area contributed by atoms with Crippen molar-refractivity contribution >= 4 is 27.4 Å². The van der Waals surface area contributed by atoms with E-state index in [-0.39, 0.29) is 23.9 Å². The molecule has 4 rings (SSSR count). The number of aromatic nitrogens is 4. The summed E-state index contributed by atoms with van der Waals surface area (Å²) in [5, 5.41) is 13.0. The van der Waals surface area contributed by atoms with Crippen LogP contribution in [0.5, 0.6) is 0 Å². The molecule has 11 nitrogen and oxygen atoms in total. The molecule has 0 radical (unpaired) electrons. The number of methoxy groups -OCH3 is 1. The van der Waals surface area contributed by atoms with Gasteiger partial charge in [0.2, 0.25) is 5.71 Å². The summed E-state index contributed by atoms with van der Waals surface area (Å²) >= 11 is 0. The van der Waals surface area contributed by atoms with Crippen LogP contribution in [0, 0.1) is 11.6 Å². The summed E-state index contributed by atoms with van der Waals surface area (Å²) in [5.41, 5.74) is 1.34. The van der Waals surface area contributed by atoms with Crippen LogP contribution in [-0.4, -0.2) is 70.6 Å². The molecule has 1 aromatic carbocycles. The number of halogens is 2. The Morgan fingerprint density at radius 1 is 1.18 bits per heavy atom. The van der Waals surface area contributed by atoms with Crippen LogP contribution in [0.15, 0.2) is 34.7 Å². The van der Waals surface area contributed by atoms with Crippen LogP contribution in [0.3, 0.4) is 0 Å². The van der Waals surface area contributed by atoms with Crippen molar-refractivity contribution in [3.8, 4) is 22.6 Å². The van der Waals surface area contributed by atoms with Gasteiger partial charge in [-0.25, -0.2) is 18.7 Å². The Morgan fingerprint density at radius 2 is 1.87 bits per heavy atom. The van der Waals surface area contributed by atoms with E-state index in [2.05, 4.69) is 25.3 Å². The second kappa shape index (κ2) is 12.2. The van der Waals surface area contributed by atoms with Crippen LogP contribution < -0.4 is 5.32 Å². The maximum absolute atomic E-state index is 14.7. The Hall–Kier alpha value is -3.46. The van der Waals surface area contributed by atoms with Crippen molar-refractivity contribution in [2.45, 2.75) is 38.6 Å². The zero-order valence-corrected chi connectivity index (χ0v) is 22.9. The van der Waals surface area contributed by atoms with E-state index in [4.69, 9.17) is 13.7 Å². The summed E-state index contributed by atoms with van der Waals surface area (Å²) in [5.74, 6) is -0.979. The number of pyridine rings is 1. The number of hydrogen-bond acceptors (Lipinski definition) is 9. The molecule has 1 atom stereocenters. The van der Waals surface area contributed by atoms with Gasteiger partial charge in [-0.3, -0.25) is 4.55 Å². The minimum atomic E-state index is -3.67. The molecule has 0 saturated carbocycles. The van der Waals surface area contributed by atoms with Gasteiger partial charge in [-0.05, 0) is 37.6 Å². The molecule has 212 valence electrons. The lowest BCUT2D eigenvalue weighted by Crippen LogP contribution is -2.23. The average Bonchev–Trinajstić information content (AvgIpc) is 3.45. The van der Waals surface area contributed by atoms with Crippen molar-refractivity contribution in [1.29, 1.82) is 0 Å². The fourth-order valence-corrected chi connectivity index (χ4v) is 3.43. The zero-order chi connectivity index (χ0) is 29.0. The summed E-state index contributed by atoms with van der Waals surface area (Å²) in [6, 6.07) is 7.19. The average molecular weight is 568 g/mol. The van der Waals surface area contributed by atoms with Crippen molar-refractivity contribution in [3.63, 3.8) is 0 Å². The third-order valence-corrected chi connectivity index (χ3v) is 5.56. The highest BCUT2D eigenvalue weighted by molar-refractivity contribution is 7.85. The molecule has 0 saturated heterocycles. The largest absolute Gasteiger partial charge is 0.404 e. The van der Waals surface area contributed by atoms with E-state index in [0.29, 0.717) is 47.3 Å². The van der Waals surface area contributed by atoms with Gasteiger partial charge in [-0.15, -0.1) is 0 Å². The predicted octanol–water partition coefficient (Wildman–Crippen LogP) is 4.17. The van der Waals surface area contributed by atoms with Gasteiger partial charge in [0.15, 0.2) is 0 Å². The van der Waals surface area contributed by atoms with E-state index in [1.807, 2.05) is 6.92 Å². The first-order chi connectivity index (χ1) is 18.2. The summed E-state index contributed by atoms with van der Waals surface area (Å²) in [4.78, 5) is 16.7. The molecular formula is C25H31F2N5O6S. The van der Waals surface area contributed by atoms with E-state index in [1.165, 1.54) is 12.1 Å². The summed E-state index contributed by atoms with van der Waals surface area (Å²) in [6.45, 7) is 6.01. The minimum Gasteiger partial charge on any atom is -0.404 e. The van der Waals surface area contributed by atoms with E-state index < -0.39 is 27.2 Å². The smallest absolute Gasteiger partial charge is 0.297 e. The second-order valence-corrected chi connectivity index (χ2v) is 11.0. The van der Waals surface area contributed by atoms with Crippen molar-refractivity contribution in [1.82, 2.24) is 19.9 Å². The molecule has 0 spiro atoms. The molecule has 0 aliphatic carbocycles. The molecular weight excluding hydrogens is 536 g/mol. The topological polar surface area (TPSA) is 163 Å². The van der Waals surface area contributed by atoms with Gasteiger partial charge < -0.3 is 24.6 Å². The van der Waals surface area contributed by atoms with Crippen LogP contribution in [0.25, 0.3) is 33.9 Å². The lowest BCUT2D eigenvalue weighted by Gasteiger charge is -2.18. The van der Waals surface area contributed by atoms with Crippen molar-refractivity contribution < 1.29 is 36.0 Å². The molecule has 0 aliphatic heterocycles. The summed E-state index contributed by atoms with van der Waals surface area (Å²) in [7, 11) is -2.02. The SMILES string of the molecule is COCC[C@@H](C)Nc1nc2ccc(-c3nc(C(C)(C)CO)[nH]c3-c3ccc(F)cc3F)nc2o1.CS(=O)(=O)O. The standard InChI is InChI=1S/C24H27F2N5O3.CH4O3S/c1-13(9-10-33-4)27-23-29-18-8-7-17(28-21(18)34-23)20-19(15-6-5-14(25)11-16(15)26)30-22(31-20)24(2,3)12-32;1-5(2,3)4/h5-8,11,13,32H,9-10,12H2,1-4H3,(H,27,29)(H,30,31);1H3,(H,2,3,4)/t13-;/m1./s1. The number of H-pyrrole nitrogens is 1. The number of fused-ring (bicyclic) bond motifs is 1. The number of anilines is 1. The van der Waals surface area contributed by atoms with Gasteiger partial charge in [0.1, 0.15) is 28.7 Å². The van der Waals surface area contributed by atoms with E-state index in [9.17, 15) is 22.3 Å². The quantitative estimate of drug-likeness (QED) is 0.216. The highest BCUT2D eigenvalue weighted by Gasteiger charge is 2.28. The first-order valence-corrected chi connectivity index (χ1v) is 13.7. The van der Waals surface area contributed by atoms with Crippen LogP contribution >= 0.6 is 0 Å². The van der Waals surface area contributed by atoms with Crippen LogP contribution in [0.1, 0.15) is 33.0 Å². The lowest BCUT2D eigenvalue weighted by atomic mass is 9.94. The number of aliphatic hydroxyl groups is 1. The number of aliphatic hydroxyl groups excluding tert-OH is 1. The first-order valence-electron chi connectivity index (χ1n) is 11.8. The minimum absolute atomic E-state index is 0.0788. The van der Waals surface area contributed by atoms with Crippen molar-refractivity contribution in [2.75, 3.05) is 31.9 Å². The number of benzene rings is 1. The molecule has 0 fully saturated rings. The van der Waals surface area contributed by atoms with E-state index in [1.54, 1.807) is 33.1 Å². The molecule has 14 heteroatoms. The molecule has 0 bridgehead atoms. The number of oxazole rings is 1. The molecule has 0 amide bonds. The van der Waals surface area contributed by atoms with Gasteiger partial charge in [0, 0.05) is 36.8 Å². The zero-order valence-electron chi connectivity index (χ0n) is 22.1. The Balaban J connectivity index is 0.000000771. The molecule has 0 unspecified atom stereocenters. The van der Waals surface area contributed by atoms with Gasteiger partial charge >= 0.3 is 0 Å². The van der Waals surface area contributed by atoms with Gasteiger partial charge in [0.05, 0.1) is 24.3 Å². The van der Waals surface area contributed by atoms with Gasteiger partial charge in [-0.2, -0.15) is 13.4 Å². The molecule has 4 N–H and O–H groups in total. The third-order valence-electron chi connectivity index (χ3n) is 5.56. The Kier molecular flexibility index (Phi) is 9.38. The number of nitrogens with zero attached hydrogens (tertiary/aromatic N) is 3. The van der Waals surface area contributed by atoms with Crippen LogP contribution in [0.2, 0.25) is 0 Å². The van der Waals surface area contributed by atoms with Gasteiger partial charge in [-0.1, -0.05) is 13.8 Å². The molecule has 3 aromatic heterocycles. The molecule has 4 aromatic rings. The second-order valence-electron chi connectivity index (χ2n) is 9.57. The maximum Gasteiger partial charge on any atom is 0.297 e. The fraction of sp³-hybridized carbons (Fsp3) is 0.400. The fourth-order valence-electron chi connectivity index (χ4n) is 3.43. The molecule has 0 aliphatic rings. The van der Waals surface area contributed by atoms with E-state index in [0.717, 1.165) is 12.5 Å². The maximum atomic E-state index is 14.7. The van der Waals surface area contributed by atoms with Gasteiger partial charge in [0.25, 0.3) is 16.1 Å². The Bertz CT molecular complexity index is 1530. The predicted molar refractivity (Wildman–Crippen MR) is 142 cm³/mol. The number of nitrogens with one attached hydrogen (secondary N) is 2. The third kappa shape index (κ3) is 8.02. The highest BCUT2D eigenvalue weighted by Crippen LogP contribution is 2.35. The Morgan fingerprint density at radius 3 is 2.49 bits per heavy atom.